The summed E-state index contributed by atoms with van der Waals surface area (Å²) in [5.74, 6) is 0. The van der Waals surface area contributed by atoms with Gasteiger partial charge in [0.25, 0.3) is 6.72 Å². The highest BCUT2D eigenvalue weighted by atomic mass is 32.5. The molecule has 0 aliphatic heterocycles. The molecule has 0 unspecified atom stereocenters. The Labute approximate surface area is 72.1 Å². The summed E-state index contributed by atoms with van der Waals surface area (Å²) in [4.78, 5) is 35.2. The van der Waals surface area contributed by atoms with Crippen LogP contribution in [0.15, 0.2) is 0 Å². The van der Waals surface area contributed by atoms with Crippen LogP contribution in [0.25, 0.3) is 0 Å². The molecule has 9 heteroatoms. The highest BCUT2D eigenvalue weighted by molar-refractivity contribution is 8.28. The lowest BCUT2D eigenvalue weighted by atomic mass is 11.9. The van der Waals surface area contributed by atoms with E-state index in [1.165, 1.54) is 12.5 Å². The number of hydrogen-bond acceptors (Lipinski definition) is 2. The second kappa shape index (κ2) is 3.96. The highest BCUT2D eigenvalue weighted by Crippen LogP contribution is 2.56. The lowest BCUT2D eigenvalue weighted by molar-refractivity contribution is 0.318. The molecule has 0 aromatic rings. The maximum Gasteiger partial charge on any atom is 0.328 e. The zero-order chi connectivity index (χ0) is 9.28. The maximum absolute atomic E-state index is 9.03. The van der Waals surface area contributed by atoms with Crippen LogP contribution in [0.4, 0.5) is 0 Å². The zero-order valence-electron chi connectivity index (χ0n) is 5.91. The van der Waals surface area contributed by atoms with Gasteiger partial charge in [-0.15, -0.1) is 10.1 Å². The second-order valence-electron chi connectivity index (χ2n) is 1.84. The molecule has 0 aliphatic carbocycles. The van der Waals surface area contributed by atoms with Crippen molar-refractivity contribution in [2.24, 2.45) is 0 Å². The van der Waals surface area contributed by atoms with Crippen LogP contribution in [0.5, 0.6) is 0 Å². The van der Waals surface area contributed by atoms with Crippen LogP contribution in [0.2, 0.25) is 0 Å². The van der Waals surface area contributed by atoms with E-state index >= 15 is 0 Å². The molecular weight excluding hydrogens is 230 g/mol. The first-order chi connectivity index (χ1) is 4.65. The van der Waals surface area contributed by atoms with Crippen molar-refractivity contribution in [2.45, 2.75) is 0 Å². The van der Waals surface area contributed by atoms with Crippen LogP contribution in [0, 0.1) is 0 Å². The van der Waals surface area contributed by atoms with Gasteiger partial charge >= 0.3 is 6.72 Å². The van der Waals surface area contributed by atoms with Crippen LogP contribution in [0.1, 0.15) is 0 Å². The molecule has 4 N–H and O–H groups in total. The van der Waals surface area contributed by atoms with Gasteiger partial charge in [0, 0.05) is 0 Å². The fraction of sp³-hybridized carbons (Fsp3) is 1.00. The molecule has 0 atom stereocenters. The van der Waals surface area contributed by atoms with Crippen molar-refractivity contribution in [1.29, 1.82) is 0 Å². The summed E-state index contributed by atoms with van der Waals surface area (Å²) in [5.41, 5.74) is 0. The fourth-order valence-corrected chi connectivity index (χ4v) is 5.10. The summed E-state index contributed by atoms with van der Waals surface area (Å²) in [5, 5.41) is 0. The van der Waals surface area contributed by atoms with Gasteiger partial charge in [0.05, 0.1) is 0 Å². The molecular formula is C2H10O5P2S2. The van der Waals surface area contributed by atoms with Crippen molar-refractivity contribution in [2.75, 3.05) is 12.5 Å². The quantitative estimate of drug-likeness (QED) is 0.498. The number of rotatable bonds is 2. The molecule has 0 amide bonds. The molecule has 0 saturated carbocycles. The van der Waals surface area contributed by atoms with E-state index in [0.29, 0.717) is 0 Å². The molecule has 0 heterocycles. The third kappa shape index (κ3) is 5.47. The lowest BCUT2D eigenvalue weighted by Gasteiger charge is -2.17. The molecule has 5 nitrogen and oxygen atoms in total. The van der Waals surface area contributed by atoms with Gasteiger partial charge in [-0.2, -0.15) is 0 Å². The Kier molecular flexibility index (Phi) is 4.40. The molecule has 0 rings (SSSR count). The number of hydrogen-bond donors (Lipinski definition) is 4. The summed E-state index contributed by atoms with van der Waals surface area (Å²) in [6, 6.07) is 0. The standard InChI is InChI=1S/C2H10O5P2S2/c1-11(2)9(5,6)7-8(3,4)10/h5-6H,1-2H3,(H2,3,4,10). The maximum atomic E-state index is 9.03. The molecule has 0 aromatic carbocycles. The molecule has 0 spiro atoms. The predicted molar refractivity (Wildman–Crippen MR) is 50.4 cm³/mol. The van der Waals surface area contributed by atoms with Gasteiger partial charge in [-0.3, -0.25) is 0 Å². The third-order valence-corrected chi connectivity index (χ3v) is 7.40. The second-order valence-corrected chi connectivity index (χ2v) is 11.0. The zero-order valence-corrected chi connectivity index (χ0v) is 9.33. The SMILES string of the molecule is CS(C)=P(O)(O)OP(O)(O)=S. The fourth-order valence-electron chi connectivity index (χ4n) is 0.205. The van der Waals surface area contributed by atoms with E-state index in [9.17, 15) is 0 Å². The molecule has 0 saturated heterocycles. The van der Waals surface area contributed by atoms with Crippen LogP contribution in [-0.4, -0.2) is 32.1 Å². The Hall–Kier alpha value is 1.23. The summed E-state index contributed by atoms with van der Waals surface area (Å²) < 4.78 is 4.16. The first-order valence-electron chi connectivity index (χ1n) is 2.35. The van der Waals surface area contributed by atoms with E-state index in [-0.39, 0.29) is 0 Å². The Morgan fingerprint density at radius 1 is 1.18 bits per heavy atom. The largest absolute Gasteiger partial charge is 0.328 e. The van der Waals surface area contributed by atoms with E-state index in [1.807, 2.05) is 0 Å². The monoisotopic (exact) mass is 240 g/mol. The predicted octanol–water partition coefficient (Wildman–Crippen LogP) is -0.248. The van der Waals surface area contributed by atoms with E-state index in [1.54, 1.807) is 0 Å². The minimum absolute atomic E-state index is 0.831. The molecule has 0 aromatic heterocycles. The van der Waals surface area contributed by atoms with Crippen LogP contribution < -0.4 is 0 Å². The Balaban J connectivity index is 4.66. The van der Waals surface area contributed by atoms with E-state index < -0.39 is 23.5 Å². The first kappa shape index (κ1) is 12.2. The van der Waals surface area contributed by atoms with Gasteiger partial charge in [0.1, 0.15) is 0 Å². The molecule has 0 bridgehead atoms. The first-order valence-corrected chi connectivity index (χ1v) is 9.23. The van der Waals surface area contributed by atoms with E-state index in [2.05, 4.69) is 16.1 Å². The van der Waals surface area contributed by atoms with Crippen LogP contribution in [0.3, 0.4) is 0 Å². The Morgan fingerprint density at radius 3 is 1.64 bits per heavy atom. The van der Waals surface area contributed by atoms with Crippen molar-refractivity contribution in [3.63, 3.8) is 0 Å². The summed E-state index contributed by atoms with van der Waals surface area (Å²) in [6.45, 7) is -7.61. The van der Waals surface area contributed by atoms with Gasteiger partial charge in [-0.25, -0.2) is 4.31 Å². The summed E-state index contributed by atoms with van der Waals surface area (Å²) in [7, 11) is -0.831. The normalized spacial score (nSPS) is 14.1. The van der Waals surface area contributed by atoms with Gasteiger partial charge in [-0.1, -0.05) is 0 Å². The average molecular weight is 240 g/mol. The van der Waals surface area contributed by atoms with E-state index in [0.717, 1.165) is 0 Å². The Morgan fingerprint density at radius 2 is 1.55 bits per heavy atom. The summed E-state index contributed by atoms with van der Waals surface area (Å²) in [6.07, 6.45) is 3.03. The highest BCUT2D eigenvalue weighted by Gasteiger charge is 2.21. The minimum atomic E-state index is -3.95. The van der Waals surface area contributed by atoms with Crippen molar-refractivity contribution < 1.29 is 23.9 Å². The lowest BCUT2D eigenvalue weighted by Crippen LogP contribution is -1.93. The van der Waals surface area contributed by atoms with Crippen molar-refractivity contribution in [3.05, 3.63) is 0 Å². The van der Waals surface area contributed by atoms with Gasteiger partial charge in [0.2, 0.25) is 0 Å². The third-order valence-electron chi connectivity index (χ3n) is 0.688. The smallest absolute Gasteiger partial charge is 0.328 e. The molecule has 0 aliphatic rings. The van der Waals surface area contributed by atoms with Gasteiger partial charge in [0.15, 0.2) is 0 Å². The minimum Gasteiger partial charge on any atom is -0.328 e. The molecule has 0 fully saturated rings. The van der Waals surface area contributed by atoms with Crippen LogP contribution in [-0.2, 0) is 26.2 Å². The molecule has 70 valence electrons. The van der Waals surface area contributed by atoms with Gasteiger partial charge in [-0.05, 0) is 24.3 Å². The van der Waals surface area contributed by atoms with Crippen molar-refractivity contribution >= 4 is 35.3 Å². The van der Waals surface area contributed by atoms with Crippen LogP contribution >= 0.6 is 13.4 Å². The van der Waals surface area contributed by atoms with Crippen molar-refractivity contribution in [1.82, 2.24) is 0 Å². The van der Waals surface area contributed by atoms with E-state index in [4.69, 9.17) is 19.6 Å². The Bertz CT molecular complexity index is 233. The van der Waals surface area contributed by atoms with Crippen molar-refractivity contribution in [3.8, 4) is 0 Å². The molecule has 11 heavy (non-hydrogen) atoms. The topological polar surface area (TPSA) is 90.2 Å². The van der Waals surface area contributed by atoms with Gasteiger partial charge < -0.3 is 19.6 Å². The summed E-state index contributed by atoms with van der Waals surface area (Å²) >= 11 is 4.06. The average Bonchev–Trinajstić information content (AvgIpc) is 1.56. The molecule has 0 radical (unpaired) electrons.